The monoisotopic (exact) mass is 401 g/mol. The highest BCUT2D eigenvalue weighted by Crippen LogP contribution is 2.23. The van der Waals surface area contributed by atoms with Gasteiger partial charge in [0.15, 0.2) is 0 Å². The van der Waals surface area contributed by atoms with Crippen molar-refractivity contribution in [1.29, 1.82) is 0 Å². The highest BCUT2D eigenvalue weighted by Gasteiger charge is 2.27. The van der Waals surface area contributed by atoms with Gasteiger partial charge in [0.25, 0.3) is 5.95 Å². The van der Waals surface area contributed by atoms with Gasteiger partial charge in [0.05, 0.1) is 38.7 Å². The number of anilines is 2. The lowest BCUT2D eigenvalue weighted by atomic mass is 10.3. The van der Waals surface area contributed by atoms with Gasteiger partial charge in [0.2, 0.25) is 11.9 Å². The van der Waals surface area contributed by atoms with Gasteiger partial charge in [0, 0.05) is 44.5 Å². The summed E-state index contributed by atoms with van der Waals surface area (Å²) in [5.41, 5.74) is 1.88. The second-order valence-electron chi connectivity index (χ2n) is 7.21. The molecule has 2 saturated heterocycles. The maximum absolute atomic E-state index is 12.7. The molecule has 12 nitrogen and oxygen atoms in total. The summed E-state index contributed by atoms with van der Waals surface area (Å²) in [6, 6.07) is 0. The quantitative estimate of drug-likeness (QED) is 0.611. The summed E-state index contributed by atoms with van der Waals surface area (Å²) in [5.74, 6) is 1.17. The number of amides is 1. The van der Waals surface area contributed by atoms with Gasteiger partial charge in [-0.05, 0) is 5.21 Å². The maximum atomic E-state index is 12.7. The molecular weight excluding hydrogens is 378 g/mol. The molecule has 2 fully saturated rings. The third-order valence-corrected chi connectivity index (χ3v) is 5.30. The fraction of sp³-hybridized carbons (Fsp3) is 0.647. The number of hydrogen-bond acceptors (Lipinski definition) is 10. The SMILES string of the molecule is O=C(Cn1nnc(N2CCOCC2)n1)N1Cc2cnc(N3CCOCC3)nc2C1. The van der Waals surface area contributed by atoms with Crippen molar-refractivity contribution in [3.05, 3.63) is 17.5 Å². The van der Waals surface area contributed by atoms with E-state index in [0.29, 0.717) is 51.4 Å². The molecule has 0 radical (unpaired) electrons. The standard InChI is InChI=1S/C17H23N9O3/c27-15(12-26-21-17(20-22-26)24-3-7-29-8-4-24)25-10-13-9-18-16(19-14(13)11-25)23-1-5-28-6-2-23/h9H,1-8,10-12H2. The molecule has 0 N–H and O–H groups in total. The molecule has 0 saturated carbocycles. The van der Waals surface area contributed by atoms with Gasteiger partial charge in [-0.2, -0.15) is 4.80 Å². The van der Waals surface area contributed by atoms with Crippen LogP contribution < -0.4 is 9.80 Å². The van der Waals surface area contributed by atoms with E-state index in [1.165, 1.54) is 4.80 Å². The molecule has 2 aromatic rings. The van der Waals surface area contributed by atoms with Gasteiger partial charge in [0.1, 0.15) is 6.54 Å². The number of rotatable bonds is 4. The highest BCUT2D eigenvalue weighted by molar-refractivity contribution is 5.76. The first-order valence-electron chi connectivity index (χ1n) is 9.82. The van der Waals surface area contributed by atoms with Gasteiger partial charge in [-0.1, -0.05) is 5.10 Å². The number of carbonyl (C=O) groups excluding carboxylic acids is 1. The Balaban J connectivity index is 1.21. The lowest BCUT2D eigenvalue weighted by Gasteiger charge is -2.26. The second kappa shape index (κ2) is 7.87. The molecule has 5 rings (SSSR count). The van der Waals surface area contributed by atoms with E-state index < -0.39 is 0 Å². The van der Waals surface area contributed by atoms with Gasteiger partial charge >= 0.3 is 0 Å². The lowest BCUT2D eigenvalue weighted by Crippen LogP contribution is -2.37. The van der Waals surface area contributed by atoms with Crippen molar-refractivity contribution in [3.8, 4) is 0 Å². The summed E-state index contributed by atoms with van der Waals surface area (Å²) in [4.78, 5) is 29.1. The summed E-state index contributed by atoms with van der Waals surface area (Å²) in [5, 5.41) is 12.4. The van der Waals surface area contributed by atoms with E-state index in [-0.39, 0.29) is 12.5 Å². The van der Waals surface area contributed by atoms with Crippen LogP contribution in [0.3, 0.4) is 0 Å². The Bertz CT molecular complexity index is 877. The van der Waals surface area contributed by atoms with Gasteiger partial charge in [-0.3, -0.25) is 4.79 Å². The fourth-order valence-corrected chi connectivity index (χ4v) is 3.65. The molecule has 3 aliphatic heterocycles. The van der Waals surface area contributed by atoms with Crippen molar-refractivity contribution in [1.82, 2.24) is 35.1 Å². The Morgan fingerprint density at radius 3 is 2.38 bits per heavy atom. The number of tetrazole rings is 1. The van der Waals surface area contributed by atoms with E-state index in [9.17, 15) is 4.79 Å². The normalized spacial score (nSPS) is 19.5. The largest absolute Gasteiger partial charge is 0.378 e. The Morgan fingerprint density at radius 1 is 0.966 bits per heavy atom. The average molecular weight is 401 g/mol. The molecule has 0 spiro atoms. The fourth-order valence-electron chi connectivity index (χ4n) is 3.65. The third-order valence-electron chi connectivity index (χ3n) is 5.30. The minimum absolute atomic E-state index is 0.0507. The van der Waals surface area contributed by atoms with Crippen molar-refractivity contribution in [2.75, 3.05) is 62.4 Å². The van der Waals surface area contributed by atoms with Crippen LogP contribution in [0, 0.1) is 0 Å². The summed E-state index contributed by atoms with van der Waals surface area (Å²) >= 11 is 0. The van der Waals surface area contributed by atoms with Crippen molar-refractivity contribution >= 4 is 17.8 Å². The Morgan fingerprint density at radius 2 is 1.66 bits per heavy atom. The number of nitrogens with zero attached hydrogens (tertiary/aromatic N) is 9. The number of aromatic nitrogens is 6. The van der Waals surface area contributed by atoms with Crippen molar-refractivity contribution in [2.24, 2.45) is 0 Å². The highest BCUT2D eigenvalue weighted by atomic mass is 16.5. The zero-order chi connectivity index (χ0) is 19.6. The van der Waals surface area contributed by atoms with Gasteiger partial charge in [-0.25, -0.2) is 9.97 Å². The van der Waals surface area contributed by atoms with E-state index in [4.69, 9.17) is 9.47 Å². The van der Waals surface area contributed by atoms with Crippen LogP contribution in [0.4, 0.5) is 11.9 Å². The van der Waals surface area contributed by atoms with Crippen LogP contribution in [0.2, 0.25) is 0 Å². The van der Waals surface area contributed by atoms with Crippen LogP contribution in [-0.4, -0.2) is 93.6 Å². The summed E-state index contributed by atoms with van der Waals surface area (Å²) in [7, 11) is 0. The number of fused-ring (bicyclic) bond motifs is 1. The minimum Gasteiger partial charge on any atom is -0.378 e. The maximum Gasteiger partial charge on any atom is 0.266 e. The Kier molecular flexibility index (Phi) is 4.94. The Hall–Kier alpha value is -2.86. The molecular formula is C17H23N9O3. The third kappa shape index (κ3) is 3.85. The lowest BCUT2D eigenvalue weighted by molar-refractivity contribution is -0.132. The zero-order valence-electron chi connectivity index (χ0n) is 16.1. The van der Waals surface area contributed by atoms with E-state index in [1.807, 2.05) is 11.1 Å². The smallest absolute Gasteiger partial charge is 0.266 e. The first-order valence-corrected chi connectivity index (χ1v) is 9.82. The average Bonchev–Trinajstić information content (AvgIpc) is 3.41. The number of carbonyl (C=O) groups is 1. The molecule has 5 heterocycles. The molecule has 0 aliphatic carbocycles. The molecule has 1 amide bonds. The molecule has 0 unspecified atom stereocenters. The molecule has 0 bridgehead atoms. The first-order chi connectivity index (χ1) is 14.3. The minimum atomic E-state index is -0.0677. The molecule has 12 heteroatoms. The zero-order valence-corrected chi connectivity index (χ0v) is 16.1. The van der Waals surface area contributed by atoms with Crippen LogP contribution >= 0.6 is 0 Å². The number of ether oxygens (including phenoxy) is 2. The predicted octanol–water partition coefficient (Wildman–Crippen LogP) is -1.32. The van der Waals surface area contributed by atoms with Crippen LogP contribution in [0.25, 0.3) is 0 Å². The van der Waals surface area contributed by atoms with Crippen LogP contribution in [0.1, 0.15) is 11.3 Å². The van der Waals surface area contributed by atoms with Crippen molar-refractivity contribution in [2.45, 2.75) is 19.6 Å². The van der Waals surface area contributed by atoms with Gasteiger partial charge in [-0.15, -0.1) is 5.10 Å². The van der Waals surface area contributed by atoms with E-state index in [1.54, 1.807) is 4.90 Å². The van der Waals surface area contributed by atoms with Crippen molar-refractivity contribution in [3.63, 3.8) is 0 Å². The van der Waals surface area contributed by atoms with Crippen molar-refractivity contribution < 1.29 is 14.3 Å². The number of morpholine rings is 2. The van der Waals surface area contributed by atoms with Gasteiger partial charge < -0.3 is 24.2 Å². The molecule has 154 valence electrons. The topological polar surface area (TPSA) is 115 Å². The summed E-state index contributed by atoms with van der Waals surface area (Å²) in [6.45, 7) is 6.70. The predicted molar refractivity (Wildman–Crippen MR) is 100 cm³/mol. The number of hydrogen-bond donors (Lipinski definition) is 0. The van der Waals surface area contributed by atoms with Crippen LogP contribution in [-0.2, 0) is 33.9 Å². The van der Waals surface area contributed by atoms with Crippen LogP contribution in [0.15, 0.2) is 6.20 Å². The second-order valence-corrected chi connectivity index (χ2v) is 7.21. The van der Waals surface area contributed by atoms with E-state index in [2.05, 4.69) is 30.3 Å². The molecule has 0 atom stereocenters. The first kappa shape index (κ1) is 18.2. The molecule has 3 aliphatic rings. The molecule has 2 aromatic heterocycles. The summed E-state index contributed by atoms with van der Waals surface area (Å²) < 4.78 is 10.7. The van der Waals surface area contributed by atoms with E-state index in [0.717, 1.165) is 37.4 Å². The summed E-state index contributed by atoms with van der Waals surface area (Å²) in [6.07, 6.45) is 1.82. The molecule has 29 heavy (non-hydrogen) atoms. The Labute approximate surface area is 167 Å². The van der Waals surface area contributed by atoms with Crippen LogP contribution in [0.5, 0.6) is 0 Å². The molecule has 0 aromatic carbocycles. The van der Waals surface area contributed by atoms with E-state index >= 15 is 0 Å².